The molecule has 0 unspecified atom stereocenters. The van der Waals surface area contributed by atoms with Crippen LogP contribution in [-0.4, -0.2) is 24.1 Å². The fourth-order valence-electron chi connectivity index (χ4n) is 1.51. The Labute approximate surface area is 127 Å². The van der Waals surface area contributed by atoms with Gasteiger partial charge in [-0.25, -0.2) is 13.2 Å². The van der Waals surface area contributed by atoms with Crippen LogP contribution in [0.2, 0.25) is 0 Å². The third-order valence-electron chi connectivity index (χ3n) is 2.49. The van der Waals surface area contributed by atoms with E-state index < -0.39 is 21.8 Å². The minimum absolute atomic E-state index is 0.155. The molecule has 0 bridgehead atoms. The summed E-state index contributed by atoms with van der Waals surface area (Å²) in [6, 6.07) is 3.38. The van der Waals surface area contributed by atoms with Crippen LogP contribution >= 0.6 is 15.9 Å². The van der Waals surface area contributed by atoms with E-state index in [0.29, 0.717) is 0 Å². The van der Waals surface area contributed by atoms with Gasteiger partial charge >= 0.3 is 5.97 Å². The molecule has 0 aliphatic carbocycles. The maximum Gasteiger partial charge on any atom is 0.371 e. The molecule has 21 heavy (non-hydrogen) atoms. The second kappa shape index (κ2) is 5.37. The predicted molar refractivity (Wildman–Crippen MR) is 75.9 cm³/mol. The van der Waals surface area contributed by atoms with Crippen LogP contribution in [0.25, 0.3) is 0 Å². The number of pyridine rings is 1. The SMILES string of the molecule is Cn1cc(NS(=O)(=O)c2cc(C(=O)O)oc2Br)ccc1=O. The molecule has 112 valence electrons. The molecular weight excluding hydrogens is 368 g/mol. The van der Waals surface area contributed by atoms with E-state index in [1.807, 2.05) is 0 Å². The lowest BCUT2D eigenvalue weighted by molar-refractivity contribution is 0.0661. The summed E-state index contributed by atoms with van der Waals surface area (Å²) in [5.41, 5.74) is -0.141. The number of carboxylic acid groups (broad SMARTS) is 1. The normalized spacial score (nSPS) is 11.3. The first-order chi connectivity index (χ1) is 9.70. The van der Waals surface area contributed by atoms with Crippen LogP contribution in [0.1, 0.15) is 10.6 Å². The first-order valence-electron chi connectivity index (χ1n) is 5.43. The molecular formula is C11H9BrN2O6S. The van der Waals surface area contributed by atoms with Crippen LogP contribution < -0.4 is 10.3 Å². The first kappa shape index (κ1) is 15.3. The molecule has 0 fully saturated rings. The first-order valence-corrected chi connectivity index (χ1v) is 7.70. The third kappa shape index (κ3) is 3.16. The van der Waals surface area contributed by atoms with Gasteiger partial charge in [0, 0.05) is 25.4 Å². The Kier molecular flexibility index (Phi) is 3.92. The molecule has 0 saturated heterocycles. The van der Waals surface area contributed by atoms with Gasteiger partial charge in [0.2, 0.25) is 11.3 Å². The smallest absolute Gasteiger partial charge is 0.371 e. The number of nitrogens with one attached hydrogen (secondary N) is 1. The Bertz CT molecular complexity index is 867. The molecule has 0 aliphatic heterocycles. The van der Waals surface area contributed by atoms with Crippen molar-refractivity contribution in [3.05, 3.63) is 45.2 Å². The number of aryl methyl sites for hydroxylation is 1. The van der Waals surface area contributed by atoms with Crippen LogP contribution in [0.15, 0.2) is 43.2 Å². The number of hydrogen-bond donors (Lipinski definition) is 2. The van der Waals surface area contributed by atoms with Crippen molar-refractivity contribution < 1.29 is 22.7 Å². The highest BCUT2D eigenvalue weighted by atomic mass is 79.9. The van der Waals surface area contributed by atoms with E-state index >= 15 is 0 Å². The van der Waals surface area contributed by atoms with Gasteiger partial charge < -0.3 is 14.1 Å². The monoisotopic (exact) mass is 376 g/mol. The van der Waals surface area contributed by atoms with Crippen LogP contribution in [0, 0.1) is 0 Å². The molecule has 8 nitrogen and oxygen atoms in total. The van der Waals surface area contributed by atoms with Crippen molar-refractivity contribution in [2.45, 2.75) is 4.90 Å². The van der Waals surface area contributed by atoms with Gasteiger partial charge in [0.05, 0.1) is 5.69 Å². The number of hydrogen-bond acceptors (Lipinski definition) is 5. The maximum absolute atomic E-state index is 12.2. The Balaban J connectivity index is 2.40. The van der Waals surface area contributed by atoms with E-state index in [-0.39, 0.29) is 20.8 Å². The number of carboxylic acids is 1. The number of nitrogens with zero attached hydrogens (tertiary/aromatic N) is 1. The minimum Gasteiger partial charge on any atom is -0.475 e. The summed E-state index contributed by atoms with van der Waals surface area (Å²) < 4.78 is 32.3. The van der Waals surface area contributed by atoms with Gasteiger partial charge in [0.15, 0.2) is 4.67 Å². The fraction of sp³-hybridized carbons (Fsp3) is 0.0909. The van der Waals surface area contributed by atoms with Crippen LogP contribution in [-0.2, 0) is 17.1 Å². The molecule has 0 spiro atoms. The zero-order chi connectivity index (χ0) is 15.8. The molecule has 0 atom stereocenters. The predicted octanol–water partition coefficient (Wildman–Crippen LogP) is 1.24. The lowest BCUT2D eigenvalue weighted by Gasteiger charge is -2.07. The van der Waals surface area contributed by atoms with Gasteiger partial charge in [-0.05, 0) is 22.0 Å². The minimum atomic E-state index is -4.06. The van der Waals surface area contributed by atoms with Gasteiger partial charge in [-0.3, -0.25) is 9.52 Å². The quantitative estimate of drug-likeness (QED) is 0.828. The number of carbonyl (C=O) groups is 1. The summed E-state index contributed by atoms with van der Waals surface area (Å²) in [4.78, 5) is 21.7. The second-order valence-electron chi connectivity index (χ2n) is 4.03. The van der Waals surface area contributed by atoms with Crippen LogP contribution in [0.4, 0.5) is 5.69 Å². The summed E-state index contributed by atoms with van der Waals surface area (Å²) in [5.74, 6) is -1.90. The van der Waals surface area contributed by atoms with Gasteiger partial charge in [-0.15, -0.1) is 0 Å². The lowest BCUT2D eigenvalue weighted by Crippen LogP contribution is -2.18. The van der Waals surface area contributed by atoms with Crippen molar-refractivity contribution >= 4 is 37.6 Å². The zero-order valence-corrected chi connectivity index (χ0v) is 12.9. The van der Waals surface area contributed by atoms with Gasteiger partial charge in [-0.1, -0.05) is 0 Å². The standard InChI is InChI=1S/C11H9BrN2O6S/c1-14-5-6(2-3-9(14)15)13-21(18,19)8-4-7(11(16)17)20-10(8)12/h2-5,13H,1H3,(H,16,17). The van der Waals surface area contributed by atoms with Crippen molar-refractivity contribution in [3.8, 4) is 0 Å². The average Bonchev–Trinajstić information content (AvgIpc) is 2.77. The molecule has 0 saturated carbocycles. The molecule has 10 heteroatoms. The Morgan fingerprint density at radius 3 is 2.62 bits per heavy atom. The van der Waals surface area contributed by atoms with Gasteiger partial charge in [0.25, 0.3) is 10.0 Å². The molecule has 2 N–H and O–H groups in total. The third-order valence-corrected chi connectivity index (χ3v) is 4.73. The summed E-state index contributed by atoms with van der Waals surface area (Å²) in [6.45, 7) is 0. The Morgan fingerprint density at radius 2 is 2.10 bits per heavy atom. The molecule has 2 rings (SSSR count). The maximum atomic E-state index is 12.2. The highest BCUT2D eigenvalue weighted by Crippen LogP contribution is 2.27. The summed E-state index contributed by atoms with van der Waals surface area (Å²) in [6.07, 6.45) is 1.30. The van der Waals surface area contributed by atoms with Crippen molar-refractivity contribution in [2.75, 3.05) is 4.72 Å². The van der Waals surface area contributed by atoms with Crippen molar-refractivity contribution in [1.82, 2.24) is 4.57 Å². The summed E-state index contributed by atoms with van der Waals surface area (Å²) in [5, 5.41) is 8.78. The average molecular weight is 377 g/mol. The highest BCUT2D eigenvalue weighted by Gasteiger charge is 2.25. The van der Waals surface area contributed by atoms with Crippen LogP contribution in [0.5, 0.6) is 0 Å². The number of sulfonamides is 1. The second-order valence-corrected chi connectivity index (χ2v) is 6.40. The van der Waals surface area contributed by atoms with Crippen molar-refractivity contribution in [2.24, 2.45) is 7.05 Å². The van der Waals surface area contributed by atoms with E-state index in [1.54, 1.807) is 0 Å². The van der Waals surface area contributed by atoms with E-state index in [1.165, 1.54) is 29.9 Å². The number of halogens is 1. The molecule has 0 radical (unpaired) electrons. The number of anilines is 1. The van der Waals surface area contributed by atoms with E-state index in [0.717, 1.165) is 6.07 Å². The Hall–Kier alpha value is -2.07. The van der Waals surface area contributed by atoms with Crippen LogP contribution in [0.3, 0.4) is 0 Å². The van der Waals surface area contributed by atoms with Crippen molar-refractivity contribution in [3.63, 3.8) is 0 Å². The molecule has 0 aliphatic rings. The molecule has 2 heterocycles. The van der Waals surface area contributed by atoms with Gasteiger partial charge in [-0.2, -0.15) is 0 Å². The van der Waals surface area contributed by atoms with E-state index in [9.17, 15) is 18.0 Å². The molecule has 0 aromatic carbocycles. The van der Waals surface area contributed by atoms with Gasteiger partial charge in [0.1, 0.15) is 4.90 Å². The summed E-state index contributed by atoms with van der Waals surface area (Å²) >= 11 is 2.86. The zero-order valence-electron chi connectivity index (χ0n) is 10.5. The summed E-state index contributed by atoms with van der Waals surface area (Å²) in [7, 11) is -2.59. The molecule has 0 amide bonds. The highest BCUT2D eigenvalue weighted by molar-refractivity contribution is 9.10. The number of rotatable bonds is 4. The van der Waals surface area contributed by atoms with Crippen molar-refractivity contribution in [1.29, 1.82) is 0 Å². The fourth-order valence-corrected chi connectivity index (χ4v) is 3.49. The number of furan rings is 1. The Morgan fingerprint density at radius 1 is 1.43 bits per heavy atom. The topological polar surface area (TPSA) is 119 Å². The largest absolute Gasteiger partial charge is 0.475 e. The number of aromatic nitrogens is 1. The van der Waals surface area contributed by atoms with E-state index in [2.05, 4.69) is 20.7 Å². The molecule has 2 aromatic rings. The van der Waals surface area contributed by atoms with E-state index in [4.69, 9.17) is 9.52 Å². The molecule has 2 aromatic heterocycles. The number of aromatic carboxylic acids is 1. The lowest BCUT2D eigenvalue weighted by atomic mass is 10.4.